The molecule has 3 rings (SSSR count). The molecule has 2 aromatic carbocycles. The molecule has 98 valence electrons. The van der Waals surface area contributed by atoms with Gasteiger partial charge in [0.05, 0.1) is 10.5 Å². The van der Waals surface area contributed by atoms with Crippen LogP contribution in [0.25, 0.3) is 10.9 Å². The zero-order chi connectivity index (χ0) is 14.1. The lowest BCUT2D eigenvalue weighted by molar-refractivity contribution is 0.104. The number of pyridine rings is 1. The van der Waals surface area contributed by atoms with Crippen LogP contribution in [-0.4, -0.2) is 10.8 Å². The maximum absolute atomic E-state index is 12.6. The maximum atomic E-state index is 12.6. The Hall–Kier alpha value is -1.46. The van der Waals surface area contributed by atoms with Crippen molar-refractivity contribution in [1.82, 2.24) is 4.98 Å². The normalized spacial score (nSPS) is 10.7. The van der Waals surface area contributed by atoms with Crippen molar-refractivity contribution in [2.75, 3.05) is 0 Å². The largest absolute Gasteiger partial charge is 0.289 e. The third-order valence-electron chi connectivity index (χ3n) is 3.07. The minimum absolute atomic E-state index is 0.0399. The molecule has 0 unspecified atom stereocenters. The van der Waals surface area contributed by atoms with E-state index in [0.717, 1.165) is 14.5 Å². The van der Waals surface area contributed by atoms with Gasteiger partial charge in [0.1, 0.15) is 0 Å². The molecule has 0 saturated heterocycles. The Bertz CT molecular complexity index is 811. The Morgan fingerprint density at radius 2 is 1.95 bits per heavy atom. The second-order valence-corrected chi connectivity index (χ2v) is 5.90. The first-order valence-corrected chi connectivity index (χ1v) is 7.46. The van der Waals surface area contributed by atoms with E-state index < -0.39 is 0 Å². The van der Waals surface area contributed by atoms with E-state index in [2.05, 4.69) is 27.6 Å². The first-order chi connectivity index (χ1) is 9.66. The second kappa shape index (κ2) is 5.50. The number of carbonyl (C=O) groups excluding carboxylic acids is 1. The van der Waals surface area contributed by atoms with Gasteiger partial charge in [0.25, 0.3) is 0 Å². The summed E-state index contributed by atoms with van der Waals surface area (Å²) < 4.78 is 0.931. The zero-order valence-corrected chi connectivity index (χ0v) is 13.2. The fourth-order valence-corrected chi connectivity index (χ4v) is 2.61. The smallest absolute Gasteiger partial charge is 0.193 e. The van der Waals surface area contributed by atoms with Gasteiger partial charge < -0.3 is 0 Å². The van der Waals surface area contributed by atoms with Crippen LogP contribution in [0, 0.1) is 3.57 Å². The van der Waals surface area contributed by atoms with Gasteiger partial charge in [-0.25, -0.2) is 0 Å². The van der Waals surface area contributed by atoms with E-state index in [1.54, 1.807) is 18.3 Å². The predicted molar refractivity (Wildman–Crippen MR) is 89.3 cm³/mol. The maximum Gasteiger partial charge on any atom is 0.193 e. The van der Waals surface area contributed by atoms with Crippen molar-refractivity contribution >= 4 is 50.9 Å². The number of fused-ring (bicyclic) bond motifs is 1. The highest BCUT2D eigenvalue weighted by atomic mass is 127. The van der Waals surface area contributed by atoms with Crippen LogP contribution in [-0.2, 0) is 0 Å². The van der Waals surface area contributed by atoms with Crippen molar-refractivity contribution in [2.24, 2.45) is 0 Å². The van der Waals surface area contributed by atoms with Crippen molar-refractivity contribution in [3.05, 3.63) is 74.4 Å². The molecule has 0 spiro atoms. The van der Waals surface area contributed by atoms with Crippen molar-refractivity contribution in [3.63, 3.8) is 0 Å². The van der Waals surface area contributed by atoms with Crippen LogP contribution in [0.3, 0.4) is 0 Å². The van der Waals surface area contributed by atoms with Gasteiger partial charge in [0, 0.05) is 26.3 Å². The Morgan fingerprint density at radius 3 is 2.75 bits per heavy atom. The molecule has 0 N–H and O–H groups in total. The van der Waals surface area contributed by atoms with Crippen LogP contribution in [0.15, 0.2) is 54.7 Å². The summed E-state index contributed by atoms with van der Waals surface area (Å²) in [6.45, 7) is 0. The third-order valence-corrected chi connectivity index (χ3v) is 4.64. The summed E-state index contributed by atoms with van der Waals surface area (Å²) in [4.78, 5) is 16.9. The van der Waals surface area contributed by atoms with Crippen LogP contribution < -0.4 is 0 Å². The van der Waals surface area contributed by atoms with Crippen LogP contribution >= 0.6 is 34.2 Å². The molecule has 2 nitrogen and oxygen atoms in total. The minimum atomic E-state index is -0.0399. The van der Waals surface area contributed by atoms with Gasteiger partial charge in [-0.1, -0.05) is 29.8 Å². The van der Waals surface area contributed by atoms with Gasteiger partial charge in [-0.2, -0.15) is 0 Å². The highest BCUT2D eigenvalue weighted by Crippen LogP contribution is 2.24. The van der Waals surface area contributed by atoms with Crippen LogP contribution in [0.4, 0.5) is 0 Å². The number of carbonyl (C=O) groups is 1. The molecule has 20 heavy (non-hydrogen) atoms. The molecule has 0 aliphatic rings. The number of halogens is 2. The third kappa shape index (κ3) is 2.43. The molecule has 0 aliphatic heterocycles. The number of hydrogen-bond donors (Lipinski definition) is 0. The highest BCUT2D eigenvalue weighted by molar-refractivity contribution is 14.1. The zero-order valence-electron chi connectivity index (χ0n) is 10.3. The van der Waals surface area contributed by atoms with E-state index >= 15 is 0 Å². The van der Waals surface area contributed by atoms with Gasteiger partial charge in [-0.05, 0) is 52.9 Å². The van der Waals surface area contributed by atoms with Crippen molar-refractivity contribution in [2.45, 2.75) is 0 Å². The number of aromatic nitrogens is 1. The number of hydrogen-bond acceptors (Lipinski definition) is 2. The Balaban J connectivity index is 2.15. The van der Waals surface area contributed by atoms with Gasteiger partial charge in [0.15, 0.2) is 5.78 Å². The van der Waals surface area contributed by atoms with Gasteiger partial charge in [0.2, 0.25) is 0 Å². The van der Waals surface area contributed by atoms with E-state index in [1.165, 1.54) is 0 Å². The van der Waals surface area contributed by atoms with E-state index in [9.17, 15) is 4.79 Å². The molecule has 0 bridgehead atoms. The molecular weight excluding hydrogens is 385 g/mol. The molecule has 1 heterocycles. The summed E-state index contributed by atoms with van der Waals surface area (Å²) >= 11 is 8.23. The first-order valence-electron chi connectivity index (χ1n) is 6.00. The fourth-order valence-electron chi connectivity index (χ4n) is 2.09. The summed E-state index contributed by atoms with van der Waals surface area (Å²) in [6, 6.07) is 14.7. The SMILES string of the molecule is O=C(c1ccc(I)c(Cl)c1)c1cccc2ncccc12. The monoisotopic (exact) mass is 393 g/mol. The molecule has 1 aromatic heterocycles. The summed E-state index contributed by atoms with van der Waals surface area (Å²) in [5.41, 5.74) is 2.05. The average molecular weight is 394 g/mol. The Labute approximate surface area is 134 Å². The number of nitrogens with zero attached hydrogens (tertiary/aromatic N) is 1. The topological polar surface area (TPSA) is 30.0 Å². The lowest BCUT2D eigenvalue weighted by atomic mass is 9.99. The summed E-state index contributed by atoms with van der Waals surface area (Å²) in [6.07, 6.45) is 1.72. The lowest BCUT2D eigenvalue weighted by Crippen LogP contribution is -2.02. The van der Waals surface area contributed by atoms with Crippen LogP contribution in [0.5, 0.6) is 0 Å². The van der Waals surface area contributed by atoms with E-state index in [4.69, 9.17) is 11.6 Å². The number of ketones is 1. The summed E-state index contributed by atoms with van der Waals surface area (Å²) in [5.74, 6) is -0.0399. The van der Waals surface area contributed by atoms with Crippen LogP contribution in [0.2, 0.25) is 5.02 Å². The standard InChI is InChI=1S/C16H9ClINO/c17-13-9-10(6-7-14(13)18)16(20)12-3-1-5-15-11(12)4-2-8-19-15/h1-9H. The molecule has 4 heteroatoms. The molecule has 0 radical (unpaired) electrons. The molecular formula is C16H9ClINO. The molecule has 0 amide bonds. The van der Waals surface area contributed by atoms with Gasteiger partial charge in [-0.15, -0.1) is 0 Å². The molecule has 0 aliphatic carbocycles. The quantitative estimate of drug-likeness (QED) is 0.466. The fraction of sp³-hybridized carbons (Fsp3) is 0. The average Bonchev–Trinajstić information content (AvgIpc) is 2.49. The van der Waals surface area contributed by atoms with Gasteiger partial charge in [-0.3, -0.25) is 9.78 Å². The molecule has 0 fully saturated rings. The lowest BCUT2D eigenvalue weighted by Gasteiger charge is -2.06. The molecule has 3 aromatic rings. The van der Waals surface area contributed by atoms with Crippen molar-refractivity contribution in [3.8, 4) is 0 Å². The van der Waals surface area contributed by atoms with Crippen LogP contribution in [0.1, 0.15) is 15.9 Å². The second-order valence-electron chi connectivity index (χ2n) is 4.33. The van der Waals surface area contributed by atoms with E-state index in [0.29, 0.717) is 16.1 Å². The van der Waals surface area contributed by atoms with Crippen molar-refractivity contribution < 1.29 is 4.79 Å². The Kier molecular flexibility index (Phi) is 3.72. The summed E-state index contributed by atoms with van der Waals surface area (Å²) in [5, 5.41) is 1.45. The van der Waals surface area contributed by atoms with E-state index in [1.807, 2.05) is 36.4 Å². The number of rotatable bonds is 2. The first kappa shape index (κ1) is 13.5. The number of benzene rings is 2. The van der Waals surface area contributed by atoms with Crippen molar-refractivity contribution in [1.29, 1.82) is 0 Å². The van der Waals surface area contributed by atoms with Gasteiger partial charge >= 0.3 is 0 Å². The van der Waals surface area contributed by atoms with E-state index in [-0.39, 0.29) is 5.78 Å². The molecule has 0 saturated carbocycles. The summed E-state index contributed by atoms with van der Waals surface area (Å²) in [7, 11) is 0. The highest BCUT2D eigenvalue weighted by Gasteiger charge is 2.13. The predicted octanol–water partition coefficient (Wildman–Crippen LogP) is 4.72. The molecule has 0 atom stereocenters. The minimum Gasteiger partial charge on any atom is -0.289 e. The Morgan fingerprint density at radius 1 is 1.10 bits per heavy atom.